The summed E-state index contributed by atoms with van der Waals surface area (Å²) in [5.74, 6) is -1.53. The van der Waals surface area contributed by atoms with Crippen LogP contribution in [0.1, 0.15) is 11.1 Å². The molecule has 1 aliphatic rings. The molecule has 31 heavy (non-hydrogen) atoms. The summed E-state index contributed by atoms with van der Waals surface area (Å²) < 4.78 is 28.0. The van der Waals surface area contributed by atoms with Crippen LogP contribution in [-0.4, -0.2) is 30.9 Å². The Morgan fingerprint density at radius 1 is 0.968 bits per heavy atom. The van der Waals surface area contributed by atoms with E-state index >= 15 is 0 Å². The first-order valence-electron chi connectivity index (χ1n) is 9.47. The molecule has 0 bridgehead atoms. The van der Waals surface area contributed by atoms with E-state index in [4.69, 9.17) is 0 Å². The molecular formula is C23H18F2N4O2. The van der Waals surface area contributed by atoms with Crippen molar-refractivity contribution in [3.63, 3.8) is 0 Å². The van der Waals surface area contributed by atoms with Gasteiger partial charge in [0.1, 0.15) is 11.6 Å². The molecule has 0 aliphatic carbocycles. The van der Waals surface area contributed by atoms with E-state index in [1.807, 2.05) is 0 Å². The number of rotatable bonds is 3. The number of hydrogen-bond acceptors (Lipinski definition) is 3. The summed E-state index contributed by atoms with van der Waals surface area (Å²) >= 11 is 0. The molecule has 1 unspecified atom stereocenters. The van der Waals surface area contributed by atoms with E-state index in [1.54, 1.807) is 49.5 Å². The van der Waals surface area contributed by atoms with Crippen LogP contribution in [0.2, 0.25) is 0 Å². The van der Waals surface area contributed by atoms with Gasteiger partial charge in [-0.15, -0.1) is 0 Å². The zero-order chi connectivity index (χ0) is 22.0. The van der Waals surface area contributed by atoms with Crippen LogP contribution in [0.5, 0.6) is 0 Å². The summed E-state index contributed by atoms with van der Waals surface area (Å²) in [6, 6.07) is 17.6. The summed E-state index contributed by atoms with van der Waals surface area (Å²) in [7, 11) is 1.56. The maximum atomic E-state index is 14.6. The smallest absolute Gasteiger partial charge is 0.311 e. The van der Waals surface area contributed by atoms with E-state index < -0.39 is 29.7 Å². The van der Waals surface area contributed by atoms with Crippen LogP contribution in [0.25, 0.3) is 0 Å². The first-order chi connectivity index (χ1) is 14.9. The van der Waals surface area contributed by atoms with Crippen molar-refractivity contribution >= 4 is 29.0 Å². The number of para-hydroxylation sites is 1. The number of halogens is 2. The largest absolute Gasteiger partial charge is 0.321 e. The van der Waals surface area contributed by atoms with Crippen molar-refractivity contribution < 1.29 is 18.4 Å². The van der Waals surface area contributed by atoms with Crippen LogP contribution >= 0.6 is 0 Å². The minimum absolute atomic E-state index is 0.204. The minimum atomic E-state index is -1.32. The molecule has 4 rings (SSSR count). The lowest BCUT2D eigenvalue weighted by molar-refractivity contribution is -0.119. The number of nitrogens with zero attached hydrogens (tertiary/aromatic N) is 2. The molecule has 156 valence electrons. The highest BCUT2D eigenvalue weighted by molar-refractivity contribution is 6.20. The predicted molar refractivity (Wildman–Crippen MR) is 114 cm³/mol. The molecule has 1 atom stereocenters. The van der Waals surface area contributed by atoms with Crippen LogP contribution < -0.4 is 15.5 Å². The molecule has 0 saturated carbocycles. The van der Waals surface area contributed by atoms with Gasteiger partial charge >= 0.3 is 6.03 Å². The zero-order valence-electron chi connectivity index (χ0n) is 16.5. The maximum absolute atomic E-state index is 14.6. The number of hydrogen-bond donors (Lipinski definition) is 2. The lowest BCUT2D eigenvalue weighted by Crippen LogP contribution is -2.47. The van der Waals surface area contributed by atoms with Gasteiger partial charge in [0.2, 0.25) is 6.17 Å². The molecule has 0 radical (unpaired) electrons. The van der Waals surface area contributed by atoms with Crippen LogP contribution in [0, 0.1) is 11.6 Å². The number of fused-ring (bicyclic) bond motifs is 1. The normalized spacial score (nSPS) is 15.6. The summed E-state index contributed by atoms with van der Waals surface area (Å²) in [6.07, 6.45) is -1.32. The molecule has 0 spiro atoms. The van der Waals surface area contributed by atoms with Gasteiger partial charge in [-0.05, 0) is 36.4 Å². The topological polar surface area (TPSA) is 73.8 Å². The van der Waals surface area contributed by atoms with Gasteiger partial charge in [-0.25, -0.2) is 18.6 Å². The number of likely N-dealkylation sites (N-methyl/N-ethyl adjacent to an activating group) is 1. The summed E-state index contributed by atoms with van der Waals surface area (Å²) in [4.78, 5) is 31.3. The highest BCUT2D eigenvalue weighted by atomic mass is 19.1. The van der Waals surface area contributed by atoms with Gasteiger partial charge in [0.05, 0.1) is 11.4 Å². The first kappa shape index (κ1) is 20.2. The third kappa shape index (κ3) is 4.13. The second-order valence-electron chi connectivity index (χ2n) is 6.88. The molecule has 3 aromatic rings. The molecule has 3 amide bonds. The van der Waals surface area contributed by atoms with Gasteiger partial charge in [0, 0.05) is 23.9 Å². The number of anilines is 2. The molecule has 2 N–H and O–H groups in total. The van der Waals surface area contributed by atoms with Gasteiger partial charge < -0.3 is 15.5 Å². The van der Waals surface area contributed by atoms with E-state index in [2.05, 4.69) is 15.6 Å². The quantitative estimate of drug-likeness (QED) is 0.674. The van der Waals surface area contributed by atoms with Crippen LogP contribution in [-0.2, 0) is 4.79 Å². The summed E-state index contributed by atoms with van der Waals surface area (Å²) in [5, 5.41) is 4.96. The second-order valence-corrected chi connectivity index (χ2v) is 6.88. The lowest BCUT2D eigenvalue weighted by Gasteiger charge is -2.21. The van der Waals surface area contributed by atoms with Gasteiger partial charge in [-0.2, -0.15) is 0 Å². The zero-order valence-corrected chi connectivity index (χ0v) is 16.5. The van der Waals surface area contributed by atoms with Crippen molar-refractivity contribution in [1.82, 2.24) is 5.32 Å². The van der Waals surface area contributed by atoms with E-state index in [-0.39, 0.29) is 17.0 Å². The second kappa shape index (κ2) is 8.35. The monoisotopic (exact) mass is 420 g/mol. The molecule has 8 heteroatoms. The molecule has 3 aromatic carbocycles. The van der Waals surface area contributed by atoms with E-state index in [1.165, 1.54) is 29.2 Å². The summed E-state index contributed by atoms with van der Waals surface area (Å²) in [5.41, 5.74) is 1.74. The van der Waals surface area contributed by atoms with Crippen LogP contribution in [0.4, 0.5) is 25.0 Å². The van der Waals surface area contributed by atoms with Crippen molar-refractivity contribution in [3.05, 3.63) is 95.6 Å². The Hall–Kier alpha value is -4.07. The Bertz CT molecular complexity index is 1200. The van der Waals surface area contributed by atoms with Crippen LogP contribution in [0.15, 0.2) is 77.8 Å². The van der Waals surface area contributed by atoms with E-state index in [9.17, 15) is 18.4 Å². The third-order valence-electron chi connectivity index (χ3n) is 4.82. The molecular weight excluding hydrogens is 402 g/mol. The fourth-order valence-corrected chi connectivity index (χ4v) is 3.34. The molecule has 1 heterocycles. The first-order valence-corrected chi connectivity index (χ1v) is 9.47. The molecule has 0 saturated heterocycles. The molecule has 0 aromatic heterocycles. The molecule has 6 nitrogen and oxygen atoms in total. The van der Waals surface area contributed by atoms with E-state index in [0.29, 0.717) is 11.3 Å². The number of carbonyl (C=O) groups is 2. The summed E-state index contributed by atoms with van der Waals surface area (Å²) in [6.45, 7) is 0. The number of nitrogens with one attached hydrogen (secondary N) is 2. The third-order valence-corrected chi connectivity index (χ3v) is 4.82. The maximum Gasteiger partial charge on any atom is 0.321 e. The fourth-order valence-electron chi connectivity index (χ4n) is 3.34. The standard InChI is InChI=1S/C23H18F2N4O2/c1-29-19-12-5-3-10-17(19)20(16-9-2-4-11-18(16)25)27-21(22(29)30)28-23(31)26-15-8-6-7-14(24)13-15/h2-13,21H,1H3,(H2,26,28,31). The average molecular weight is 420 g/mol. The molecule has 1 aliphatic heterocycles. The van der Waals surface area contributed by atoms with Gasteiger partial charge in [-0.3, -0.25) is 4.79 Å². The van der Waals surface area contributed by atoms with Gasteiger partial charge in [0.15, 0.2) is 0 Å². The highest BCUT2D eigenvalue weighted by Crippen LogP contribution is 2.28. The average Bonchev–Trinajstić information content (AvgIpc) is 2.85. The van der Waals surface area contributed by atoms with Crippen molar-refractivity contribution in [1.29, 1.82) is 0 Å². The number of urea groups is 1. The Labute approximate surface area is 177 Å². The van der Waals surface area contributed by atoms with Gasteiger partial charge in [0.25, 0.3) is 5.91 Å². The van der Waals surface area contributed by atoms with Crippen molar-refractivity contribution in [2.24, 2.45) is 4.99 Å². The van der Waals surface area contributed by atoms with Crippen LogP contribution in [0.3, 0.4) is 0 Å². The lowest BCUT2D eigenvalue weighted by atomic mass is 10.00. The van der Waals surface area contributed by atoms with Crippen molar-refractivity contribution in [3.8, 4) is 0 Å². The highest BCUT2D eigenvalue weighted by Gasteiger charge is 2.31. The SMILES string of the molecule is CN1C(=O)C(NC(=O)Nc2cccc(F)c2)N=C(c2ccccc2F)c2ccccc21. The Balaban J connectivity index is 1.72. The number of aliphatic imine (C=N–C) groups is 1. The number of benzene rings is 3. The van der Waals surface area contributed by atoms with E-state index in [0.717, 1.165) is 6.07 Å². The number of benzodiazepines with no additional fused rings is 1. The minimum Gasteiger partial charge on any atom is -0.311 e. The Morgan fingerprint density at radius 2 is 1.68 bits per heavy atom. The van der Waals surface area contributed by atoms with Gasteiger partial charge in [-0.1, -0.05) is 36.4 Å². The Morgan fingerprint density at radius 3 is 2.42 bits per heavy atom. The fraction of sp³-hybridized carbons (Fsp3) is 0.0870. The number of amides is 3. The molecule has 0 fully saturated rings. The van der Waals surface area contributed by atoms with Crippen molar-refractivity contribution in [2.45, 2.75) is 6.17 Å². The predicted octanol–water partition coefficient (Wildman–Crippen LogP) is 3.93. The number of carbonyl (C=O) groups excluding carboxylic acids is 2. The Kier molecular flexibility index (Phi) is 5.44. The van der Waals surface area contributed by atoms with Crippen molar-refractivity contribution in [2.75, 3.05) is 17.3 Å².